The van der Waals surface area contributed by atoms with Gasteiger partial charge in [-0.05, 0) is 25.5 Å². The number of carboxylic acid groups (broad SMARTS) is 1. The predicted octanol–water partition coefficient (Wildman–Crippen LogP) is 0.927. The van der Waals surface area contributed by atoms with Gasteiger partial charge in [0.1, 0.15) is 11.7 Å². The summed E-state index contributed by atoms with van der Waals surface area (Å²) in [6, 6.07) is 7.78. The van der Waals surface area contributed by atoms with Gasteiger partial charge in [-0.1, -0.05) is 18.2 Å². The molecule has 1 aromatic carbocycles. The van der Waals surface area contributed by atoms with Gasteiger partial charge in [0.25, 0.3) is 5.91 Å². The van der Waals surface area contributed by atoms with Crippen LogP contribution in [0.3, 0.4) is 0 Å². The summed E-state index contributed by atoms with van der Waals surface area (Å²) in [7, 11) is 1.79. The highest BCUT2D eigenvalue weighted by Gasteiger charge is 2.31. The molecule has 2 aromatic rings. The van der Waals surface area contributed by atoms with Gasteiger partial charge in [-0.2, -0.15) is 0 Å². The monoisotopic (exact) mass is 515 g/mol. The maximum absolute atomic E-state index is 13.3. The number of para-hydroxylation sites is 1. The number of hydrogen-bond donors (Lipinski definition) is 3. The van der Waals surface area contributed by atoms with Gasteiger partial charge in [-0.15, -0.1) is 0 Å². The minimum atomic E-state index is -1.09. The van der Waals surface area contributed by atoms with Crippen LogP contribution >= 0.6 is 0 Å². The van der Waals surface area contributed by atoms with Crippen molar-refractivity contribution < 1.29 is 34.1 Å². The van der Waals surface area contributed by atoms with Crippen molar-refractivity contribution in [3.8, 4) is 0 Å². The molecule has 2 heterocycles. The first kappa shape index (κ1) is 27.7. The number of aromatic nitrogens is 1. The number of carboxylic acids is 1. The molecule has 0 aliphatic carbocycles. The first-order chi connectivity index (χ1) is 17.7. The lowest BCUT2D eigenvalue weighted by Gasteiger charge is -2.36. The molecular weight excluding hydrogens is 482 g/mol. The molecule has 3 rings (SSSR count). The van der Waals surface area contributed by atoms with E-state index in [9.17, 15) is 29.4 Å². The molecule has 1 aromatic heterocycles. The standard InChI is InChI=1S/C25H33N5O7/c1-3-37-25(36)30-12-10-29(11-13-30)24(35)19(8-9-22(32)33)27-23(34)20-16-21(28(2)14-15-31)17-6-4-5-7-18(17)26-20/h4-7,16,19,31H,3,8-15H2,1-2H3,(H,27,34)(H,32,33). The summed E-state index contributed by atoms with van der Waals surface area (Å²) in [5.41, 5.74) is 1.32. The smallest absolute Gasteiger partial charge is 0.409 e. The van der Waals surface area contributed by atoms with Crippen molar-refractivity contribution in [2.75, 3.05) is 57.9 Å². The number of benzene rings is 1. The second-order valence-corrected chi connectivity index (χ2v) is 8.66. The minimum Gasteiger partial charge on any atom is -0.481 e. The van der Waals surface area contributed by atoms with Crippen LogP contribution in [-0.4, -0.2) is 108 Å². The summed E-state index contributed by atoms with van der Waals surface area (Å²) in [6.45, 7) is 3.25. The van der Waals surface area contributed by atoms with E-state index in [2.05, 4.69) is 10.3 Å². The lowest BCUT2D eigenvalue weighted by atomic mass is 10.1. The van der Waals surface area contributed by atoms with E-state index in [1.54, 1.807) is 37.1 Å². The average Bonchev–Trinajstić information content (AvgIpc) is 2.90. The van der Waals surface area contributed by atoms with E-state index in [0.717, 1.165) is 5.39 Å². The molecule has 12 heteroatoms. The Morgan fingerprint density at radius 3 is 2.46 bits per heavy atom. The molecule has 0 radical (unpaired) electrons. The second kappa shape index (κ2) is 12.9. The van der Waals surface area contributed by atoms with Crippen molar-refractivity contribution in [1.82, 2.24) is 20.1 Å². The topological polar surface area (TPSA) is 153 Å². The summed E-state index contributed by atoms with van der Waals surface area (Å²) in [4.78, 5) is 59.0. The molecule has 1 aliphatic heterocycles. The van der Waals surface area contributed by atoms with Crippen LogP contribution in [0, 0.1) is 0 Å². The van der Waals surface area contributed by atoms with Gasteiger partial charge in [0, 0.05) is 57.3 Å². The Hall–Kier alpha value is -3.93. The van der Waals surface area contributed by atoms with Gasteiger partial charge in [0.2, 0.25) is 5.91 Å². The quantitative estimate of drug-likeness (QED) is 0.419. The number of carbonyl (C=O) groups is 4. The van der Waals surface area contributed by atoms with E-state index >= 15 is 0 Å². The average molecular weight is 516 g/mol. The molecule has 1 atom stereocenters. The predicted molar refractivity (Wildman–Crippen MR) is 135 cm³/mol. The molecule has 0 spiro atoms. The molecule has 1 saturated heterocycles. The lowest BCUT2D eigenvalue weighted by Crippen LogP contribution is -2.56. The van der Waals surface area contributed by atoms with Crippen molar-refractivity contribution in [2.24, 2.45) is 0 Å². The van der Waals surface area contributed by atoms with Crippen molar-refractivity contribution in [3.63, 3.8) is 0 Å². The van der Waals surface area contributed by atoms with Crippen LogP contribution < -0.4 is 10.2 Å². The Bertz CT molecular complexity index is 1130. The number of pyridine rings is 1. The van der Waals surface area contributed by atoms with E-state index in [1.807, 2.05) is 12.1 Å². The number of carbonyl (C=O) groups excluding carboxylic acids is 3. The molecule has 1 aliphatic rings. The van der Waals surface area contributed by atoms with Gasteiger partial charge in [0.05, 0.1) is 18.7 Å². The Labute approximate surface area is 214 Å². The zero-order chi connectivity index (χ0) is 26.9. The summed E-state index contributed by atoms with van der Waals surface area (Å²) in [6.07, 6.45) is -0.854. The van der Waals surface area contributed by atoms with Crippen LogP contribution in [0.1, 0.15) is 30.3 Å². The molecule has 3 N–H and O–H groups in total. The Kier molecular flexibility index (Phi) is 9.61. The fourth-order valence-corrected chi connectivity index (χ4v) is 4.16. The number of likely N-dealkylation sites (N-methyl/N-ethyl adjacent to an activating group) is 1. The molecular formula is C25H33N5O7. The van der Waals surface area contributed by atoms with E-state index in [4.69, 9.17) is 4.74 Å². The summed E-state index contributed by atoms with van der Waals surface area (Å²) < 4.78 is 5.00. The maximum Gasteiger partial charge on any atom is 0.409 e. The third-order valence-electron chi connectivity index (χ3n) is 6.14. The summed E-state index contributed by atoms with van der Waals surface area (Å²) >= 11 is 0. The number of anilines is 1. The van der Waals surface area contributed by atoms with Crippen LogP contribution in [0.4, 0.5) is 10.5 Å². The summed E-state index contributed by atoms with van der Waals surface area (Å²) in [5, 5.41) is 22.0. The number of piperazine rings is 1. The number of aliphatic hydroxyl groups is 1. The molecule has 1 unspecified atom stereocenters. The Morgan fingerprint density at radius 1 is 1.14 bits per heavy atom. The van der Waals surface area contributed by atoms with Gasteiger partial charge >= 0.3 is 12.1 Å². The van der Waals surface area contributed by atoms with Crippen LogP contribution in [0.5, 0.6) is 0 Å². The molecule has 12 nitrogen and oxygen atoms in total. The maximum atomic E-state index is 13.3. The van der Waals surface area contributed by atoms with Gasteiger partial charge in [0.15, 0.2) is 0 Å². The van der Waals surface area contributed by atoms with Crippen LogP contribution in [-0.2, 0) is 14.3 Å². The highest BCUT2D eigenvalue weighted by molar-refractivity contribution is 6.01. The third-order valence-corrected chi connectivity index (χ3v) is 6.14. The highest BCUT2D eigenvalue weighted by atomic mass is 16.6. The fourth-order valence-electron chi connectivity index (χ4n) is 4.16. The number of rotatable bonds is 10. The number of fused-ring (bicyclic) bond motifs is 1. The minimum absolute atomic E-state index is 0.0683. The number of hydrogen-bond acceptors (Lipinski definition) is 8. The second-order valence-electron chi connectivity index (χ2n) is 8.66. The summed E-state index contributed by atoms with van der Waals surface area (Å²) in [5.74, 6) is -2.12. The third kappa shape index (κ3) is 7.06. The van der Waals surface area contributed by atoms with E-state index < -0.39 is 29.9 Å². The molecule has 37 heavy (non-hydrogen) atoms. The van der Waals surface area contributed by atoms with Gasteiger partial charge < -0.3 is 35.0 Å². The number of aliphatic carboxylic acids is 1. The lowest BCUT2D eigenvalue weighted by molar-refractivity contribution is -0.138. The molecule has 3 amide bonds. The Balaban J connectivity index is 1.79. The van der Waals surface area contributed by atoms with Crippen LogP contribution in [0.2, 0.25) is 0 Å². The van der Waals surface area contributed by atoms with Crippen LogP contribution in [0.15, 0.2) is 30.3 Å². The normalized spacial score (nSPS) is 14.2. The van der Waals surface area contributed by atoms with Crippen molar-refractivity contribution in [2.45, 2.75) is 25.8 Å². The first-order valence-corrected chi connectivity index (χ1v) is 12.2. The number of ether oxygens (including phenoxy) is 1. The molecule has 200 valence electrons. The zero-order valence-corrected chi connectivity index (χ0v) is 21.1. The van der Waals surface area contributed by atoms with Crippen molar-refractivity contribution in [3.05, 3.63) is 36.0 Å². The van der Waals surface area contributed by atoms with Gasteiger partial charge in [-0.25, -0.2) is 9.78 Å². The fraction of sp³-hybridized carbons (Fsp3) is 0.480. The van der Waals surface area contributed by atoms with Crippen molar-refractivity contribution in [1.29, 1.82) is 0 Å². The molecule has 0 bridgehead atoms. The SMILES string of the molecule is CCOC(=O)N1CCN(C(=O)C(CCC(=O)O)NC(=O)c2cc(N(C)CCO)c3ccccc3n2)CC1. The first-order valence-electron chi connectivity index (χ1n) is 12.2. The zero-order valence-electron chi connectivity index (χ0n) is 21.1. The van der Waals surface area contributed by atoms with E-state index in [-0.39, 0.29) is 57.9 Å². The number of nitrogens with zero attached hydrogens (tertiary/aromatic N) is 4. The van der Waals surface area contributed by atoms with Crippen molar-refractivity contribution >= 4 is 40.5 Å². The van der Waals surface area contributed by atoms with Gasteiger partial charge in [-0.3, -0.25) is 14.4 Å². The number of amides is 3. The molecule has 1 fully saturated rings. The molecule has 0 saturated carbocycles. The number of aliphatic hydroxyl groups excluding tert-OH is 1. The largest absolute Gasteiger partial charge is 0.481 e. The number of nitrogens with one attached hydrogen (secondary N) is 1. The van der Waals surface area contributed by atoms with E-state index in [1.165, 1.54) is 9.80 Å². The van der Waals surface area contributed by atoms with Crippen LogP contribution in [0.25, 0.3) is 10.9 Å². The Morgan fingerprint density at radius 2 is 1.81 bits per heavy atom. The highest BCUT2D eigenvalue weighted by Crippen LogP contribution is 2.26. The van der Waals surface area contributed by atoms with E-state index in [0.29, 0.717) is 17.7 Å².